The fourth-order valence-electron chi connectivity index (χ4n) is 4.90. The van der Waals surface area contributed by atoms with E-state index >= 15 is 0 Å². The lowest BCUT2D eigenvalue weighted by molar-refractivity contribution is -0.131. The zero-order chi connectivity index (χ0) is 34.1. The first-order valence-electron chi connectivity index (χ1n) is 16.3. The molecular formula is C36H54N4O4S. The molecule has 2 aliphatic rings. The lowest BCUT2D eigenvalue weighted by Crippen LogP contribution is -2.42. The third-order valence-corrected chi connectivity index (χ3v) is 8.56. The molecule has 2 unspecified atom stereocenters. The smallest absolute Gasteiger partial charge is 0.254 e. The number of thiazole rings is 1. The van der Waals surface area contributed by atoms with Gasteiger partial charge in [0.25, 0.3) is 5.91 Å². The Balaban J connectivity index is 0.000000414. The summed E-state index contributed by atoms with van der Waals surface area (Å²) in [7, 11) is 0. The minimum absolute atomic E-state index is 0.138. The number of hydrogen-bond donors (Lipinski definition) is 2. The van der Waals surface area contributed by atoms with Gasteiger partial charge in [-0.05, 0) is 55.9 Å². The average Bonchev–Trinajstić information content (AvgIpc) is 3.82. The number of rotatable bonds is 7. The Bertz CT molecular complexity index is 1340. The number of aromatic hydroxyl groups is 1. The maximum atomic E-state index is 12.2. The number of nitrogens with zero attached hydrogens (tertiary/aromatic N) is 3. The average molecular weight is 639 g/mol. The lowest BCUT2D eigenvalue weighted by atomic mass is 10.1. The molecule has 1 aromatic heterocycles. The Labute approximate surface area is 274 Å². The summed E-state index contributed by atoms with van der Waals surface area (Å²) in [5.74, 6) is 0.649. The highest BCUT2D eigenvalue weighted by atomic mass is 32.1. The molecule has 2 N–H and O–H groups in total. The van der Waals surface area contributed by atoms with Gasteiger partial charge in [0.15, 0.2) is 0 Å². The molecule has 0 radical (unpaired) electrons. The van der Waals surface area contributed by atoms with E-state index in [0.29, 0.717) is 30.5 Å². The van der Waals surface area contributed by atoms with Crippen molar-refractivity contribution in [3.05, 3.63) is 70.4 Å². The summed E-state index contributed by atoms with van der Waals surface area (Å²) in [4.78, 5) is 43.9. The van der Waals surface area contributed by atoms with Crippen LogP contribution in [0.1, 0.15) is 102 Å². The first-order chi connectivity index (χ1) is 21.7. The Hall–Kier alpha value is -3.72. The van der Waals surface area contributed by atoms with Gasteiger partial charge < -0.3 is 20.2 Å². The van der Waals surface area contributed by atoms with Crippen LogP contribution in [0.2, 0.25) is 0 Å². The fraction of sp³-hybridized carbons (Fsp3) is 0.500. The third-order valence-electron chi connectivity index (χ3n) is 7.58. The van der Waals surface area contributed by atoms with Crippen molar-refractivity contribution < 1.29 is 19.5 Å². The van der Waals surface area contributed by atoms with Crippen LogP contribution in [-0.2, 0) is 22.7 Å². The molecule has 248 valence electrons. The van der Waals surface area contributed by atoms with E-state index in [0.717, 1.165) is 46.6 Å². The topological polar surface area (TPSA) is 103 Å². The van der Waals surface area contributed by atoms with Crippen molar-refractivity contribution in [2.75, 3.05) is 6.54 Å². The number of aromatic nitrogens is 1. The highest BCUT2D eigenvalue weighted by Crippen LogP contribution is 2.31. The van der Waals surface area contributed by atoms with Crippen molar-refractivity contribution in [3.63, 3.8) is 0 Å². The number of fused-ring (bicyclic) bond motifs is 1. The summed E-state index contributed by atoms with van der Waals surface area (Å²) in [6, 6.07) is 13.2. The van der Waals surface area contributed by atoms with Crippen LogP contribution >= 0.6 is 11.3 Å². The predicted octanol–water partition coefficient (Wildman–Crippen LogP) is 7.83. The van der Waals surface area contributed by atoms with Crippen LogP contribution in [-0.4, -0.2) is 56.7 Å². The SMILES string of the molecule is CC.CC.CC.CC(C)C(C)N1Cc2ccccc2C1=O.Cc1ncsc1-c1ccc(CNC(=O)C2CCCN2C=O)c(O)c1. The van der Waals surface area contributed by atoms with Crippen LogP contribution in [0.25, 0.3) is 10.4 Å². The van der Waals surface area contributed by atoms with Crippen molar-refractivity contribution in [3.8, 4) is 16.2 Å². The fourth-order valence-corrected chi connectivity index (χ4v) is 5.70. The van der Waals surface area contributed by atoms with Gasteiger partial charge in [0.1, 0.15) is 11.8 Å². The van der Waals surface area contributed by atoms with E-state index in [1.807, 2.05) is 83.7 Å². The number of hydrogen-bond acceptors (Lipinski definition) is 6. The van der Waals surface area contributed by atoms with Crippen molar-refractivity contribution in [2.24, 2.45) is 5.92 Å². The van der Waals surface area contributed by atoms with Gasteiger partial charge >= 0.3 is 0 Å². The van der Waals surface area contributed by atoms with Crippen LogP contribution in [0.15, 0.2) is 48.0 Å². The molecule has 3 aromatic rings. The quantitative estimate of drug-likeness (QED) is 0.257. The van der Waals surface area contributed by atoms with Gasteiger partial charge in [0, 0.05) is 36.8 Å². The number of phenolic OH excluding ortho intramolecular Hbond substituents is 1. The van der Waals surface area contributed by atoms with E-state index in [9.17, 15) is 19.5 Å². The maximum Gasteiger partial charge on any atom is 0.254 e. The number of phenols is 1. The van der Waals surface area contributed by atoms with Crippen LogP contribution < -0.4 is 5.32 Å². The highest BCUT2D eigenvalue weighted by Gasteiger charge is 2.31. The molecular weight excluding hydrogens is 584 g/mol. The molecule has 1 fully saturated rings. The van der Waals surface area contributed by atoms with Gasteiger partial charge in [0.05, 0.1) is 16.1 Å². The molecule has 3 heterocycles. The lowest BCUT2D eigenvalue weighted by Gasteiger charge is -2.27. The largest absolute Gasteiger partial charge is 0.508 e. The monoisotopic (exact) mass is 638 g/mol. The predicted molar refractivity (Wildman–Crippen MR) is 186 cm³/mol. The molecule has 2 atom stereocenters. The molecule has 2 aromatic carbocycles. The Morgan fingerprint density at radius 3 is 2.31 bits per heavy atom. The van der Waals surface area contributed by atoms with Crippen molar-refractivity contribution in [1.29, 1.82) is 0 Å². The van der Waals surface area contributed by atoms with Crippen LogP contribution in [0, 0.1) is 12.8 Å². The van der Waals surface area contributed by atoms with E-state index in [2.05, 4.69) is 31.1 Å². The molecule has 0 aliphatic carbocycles. The number of likely N-dealkylation sites (tertiary alicyclic amines) is 1. The normalized spacial score (nSPS) is 15.2. The summed E-state index contributed by atoms with van der Waals surface area (Å²) < 4.78 is 0. The number of aryl methyl sites for hydroxylation is 1. The van der Waals surface area contributed by atoms with Crippen LogP contribution in [0.5, 0.6) is 5.75 Å². The second-order valence-electron chi connectivity index (χ2n) is 10.4. The number of amides is 3. The standard InChI is InChI=1S/C17H19N3O3S.C13H17NO.3C2H6/c1-11-16(24-9-19-11)12-4-5-13(15(22)7-12)8-18-17(23)14-3-2-6-20(14)10-21;1-9(2)10(3)14-8-11-6-4-5-7-12(11)13(14)15;3*1-2/h4-5,7,9-10,14,22H,2-3,6,8H2,1H3,(H,18,23);4-7,9-10H,8H2,1-3H3;3*1-2H3. The van der Waals surface area contributed by atoms with Crippen LogP contribution in [0.4, 0.5) is 0 Å². The van der Waals surface area contributed by atoms with Crippen molar-refractivity contribution in [2.45, 2.75) is 107 Å². The molecule has 1 saturated heterocycles. The van der Waals surface area contributed by atoms with Crippen LogP contribution in [0.3, 0.4) is 0 Å². The molecule has 0 spiro atoms. The van der Waals surface area contributed by atoms with Gasteiger partial charge in [-0.25, -0.2) is 4.98 Å². The first kappa shape index (κ1) is 39.3. The van der Waals surface area contributed by atoms with Gasteiger partial charge in [0.2, 0.25) is 12.3 Å². The number of carbonyl (C=O) groups excluding carboxylic acids is 3. The molecule has 3 amide bonds. The number of nitrogens with one attached hydrogen (secondary N) is 1. The molecule has 0 bridgehead atoms. The molecule has 0 saturated carbocycles. The molecule has 2 aliphatic heterocycles. The van der Waals surface area contributed by atoms with E-state index in [-0.39, 0.29) is 24.1 Å². The molecule has 5 rings (SSSR count). The van der Waals surface area contributed by atoms with Gasteiger partial charge in [-0.1, -0.05) is 85.7 Å². The minimum Gasteiger partial charge on any atom is -0.508 e. The maximum absolute atomic E-state index is 12.2. The van der Waals surface area contributed by atoms with Gasteiger partial charge in [-0.3, -0.25) is 14.4 Å². The number of benzene rings is 2. The second-order valence-corrected chi connectivity index (χ2v) is 11.3. The minimum atomic E-state index is -0.399. The Morgan fingerprint density at radius 1 is 1.09 bits per heavy atom. The highest BCUT2D eigenvalue weighted by molar-refractivity contribution is 7.13. The summed E-state index contributed by atoms with van der Waals surface area (Å²) in [5, 5.41) is 13.0. The molecule has 45 heavy (non-hydrogen) atoms. The number of carbonyl (C=O) groups is 3. The van der Waals surface area contributed by atoms with E-state index in [4.69, 9.17) is 0 Å². The van der Waals surface area contributed by atoms with Crippen molar-refractivity contribution >= 4 is 29.6 Å². The Kier molecular flexibility index (Phi) is 17.8. The molecule has 8 nitrogen and oxygen atoms in total. The Morgan fingerprint density at radius 2 is 1.76 bits per heavy atom. The summed E-state index contributed by atoms with van der Waals surface area (Å²) in [6.07, 6.45) is 2.24. The zero-order valence-corrected chi connectivity index (χ0v) is 29.7. The second kappa shape index (κ2) is 20.3. The van der Waals surface area contributed by atoms with Gasteiger partial charge in [-0.2, -0.15) is 0 Å². The van der Waals surface area contributed by atoms with E-state index in [1.165, 1.54) is 16.2 Å². The van der Waals surface area contributed by atoms with Gasteiger partial charge in [-0.15, -0.1) is 11.3 Å². The van der Waals surface area contributed by atoms with Crippen molar-refractivity contribution in [1.82, 2.24) is 20.1 Å². The summed E-state index contributed by atoms with van der Waals surface area (Å²) in [5.41, 5.74) is 6.29. The van der Waals surface area contributed by atoms with E-state index < -0.39 is 6.04 Å². The summed E-state index contributed by atoms with van der Waals surface area (Å²) >= 11 is 1.52. The summed E-state index contributed by atoms with van der Waals surface area (Å²) in [6.45, 7) is 22.0. The third kappa shape index (κ3) is 10.4. The molecule has 9 heteroatoms. The zero-order valence-electron chi connectivity index (χ0n) is 28.9. The van der Waals surface area contributed by atoms with E-state index in [1.54, 1.807) is 17.6 Å². The first-order valence-corrected chi connectivity index (χ1v) is 17.2.